The lowest BCUT2D eigenvalue weighted by molar-refractivity contribution is -0.118. The molecule has 1 aliphatic heterocycles. The summed E-state index contributed by atoms with van der Waals surface area (Å²) >= 11 is 0. The number of halogens is 2. The maximum absolute atomic E-state index is 13.5. The molecule has 1 saturated heterocycles. The van der Waals surface area contributed by atoms with E-state index in [0.717, 1.165) is 38.6 Å². The topological polar surface area (TPSA) is 96.7 Å². The van der Waals surface area contributed by atoms with Crippen LogP contribution in [0.2, 0.25) is 0 Å². The molecule has 2 N–H and O–H groups in total. The van der Waals surface area contributed by atoms with E-state index in [1.54, 1.807) is 0 Å². The SMILES string of the molecule is C=C(C)C(F)(F)COc1cc(C(C)NCCCCCCCN2CC(=O)NC2=O)no1. The van der Waals surface area contributed by atoms with Crippen LogP contribution in [0.3, 0.4) is 0 Å². The number of carbonyl (C=O) groups excluding carboxylic acids is 2. The third-order valence-electron chi connectivity index (χ3n) is 4.89. The number of hydrogen-bond acceptors (Lipinski definition) is 6. The average molecular weight is 428 g/mol. The van der Waals surface area contributed by atoms with E-state index in [0.29, 0.717) is 12.2 Å². The minimum atomic E-state index is -3.12. The van der Waals surface area contributed by atoms with Gasteiger partial charge in [0.2, 0.25) is 5.91 Å². The highest BCUT2D eigenvalue weighted by atomic mass is 19.3. The van der Waals surface area contributed by atoms with Gasteiger partial charge in [0.15, 0.2) is 6.61 Å². The highest BCUT2D eigenvalue weighted by Gasteiger charge is 2.31. The van der Waals surface area contributed by atoms with Crippen molar-refractivity contribution < 1.29 is 27.6 Å². The zero-order chi connectivity index (χ0) is 22.1. The van der Waals surface area contributed by atoms with Crippen molar-refractivity contribution in [3.63, 3.8) is 0 Å². The van der Waals surface area contributed by atoms with Crippen LogP contribution in [0.25, 0.3) is 0 Å². The molecule has 2 rings (SSSR count). The van der Waals surface area contributed by atoms with Crippen LogP contribution in [0, 0.1) is 0 Å². The highest BCUT2D eigenvalue weighted by Crippen LogP contribution is 2.25. The lowest BCUT2D eigenvalue weighted by Gasteiger charge is -2.15. The van der Waals surface area contributed by atoms with E-state index in [1.807, 2.05) is 6.92 Å². The fraction of sp³-hybridized carbons (Fsp3) is 0.650. The molecular weight excluding hydrogens is 398 g/mol. The number of aromatic nitrogens is 1. The van der Waals surface area contributed by atoms with Crippen molar-refractivity contribution in [3.8, 4) is 5.95 Å². The molecule has 168 valence electrons. The first-order valence-corrected chi connectivity index (χ1v) is 10.1. The maximum Gasteiger partial charge on any atom is 0.324 e. The minimum absolute atomic E-state index is 0.0482. The van der Waals surface area contributed by atoms with E-state index < -0.39 is 12.5 Å². The van der Waals surface area contributed by atoms with Gasteiger partial charge in [-0.3, -0.25) is 10.1 Å². The number of imide groups is 1. The largest absolute Gasteiger partial charge is 0.457 e. The molecule has 1 aliphatic rings. The number of nitrogens with zero attached hydrogens (tertiary/aromatic N) is 2. The fourth-order valence-corrected chi connectivity index (χ4v) is 2.87. The number of carbonyl (C=O) groups is 2. The van der Waals surface area contributed by atoms with Crippen LogP contribution >= 0.6 is 0 Å². The molecular formula is C20H30F2N4O4. The van der Waals surface area contributed by atoms with Crippen LogP contribution in [-0.4, -0.2) is 54.2 Å². The fourth-order valence-electron chi connectivity index (χ4n) is 2.87. The quantitative estimate of drug-likeness (QED) is 0.268. The number of rotatable bonds is 14. The van der Waals surface area contributed by atoms with Crippen LogP contribution in [0.15, 0.2) is 22.7 Å². The molecule has 1 unspecified atom stereocenters. The molecule has 3 amide bonds. The van der Waals surface area contributed by atoms with Crippen molar-refractivity contribution >= 4 is 11.9 Å². The maximum atomic E-state index is 13.5. The van der Waals surface area contributed by atoms with Crippen molar-refractivity contribution in [2.45, 2.75) is 57.9 Å². The van der Waals surface area contributed by atoms with Gasteiger partial charge in [-0.15, -0.1) is 0 Å². The van der Waals surface area contributed by atoms with Gasteiger partial charge in [0.25, 0.3) is 0 Å². The number of ether oxygens (including phenoxy) is 1. The Morgan fingerprint density at radius 2 is 2.07 bits per heavy atom. The summed E-state index contributed by atoms with van der Waals surface area (Å²) in [7, 11) is 0. The second-order valence-corrected chi connectivity index (χ2v) is 7.56. The molecule has 10 heteroatoms. The predicted molar refractivity (Wildman–Crippen MR) is 106 cm³/mol. The van der Waals surface area contributed by atoms with E-state index in [-0.39, 0.29) is 36.0 Å². The monoisotopic (exact) mass is 428 g/mol. The molecule has 1 atom stereocenters. The first-order chi connectivity index (χ1) is 14.2. The van der Waals surface area contributed by atoms with Gasteiger partial charge in [0, 0.05) is 12.6 Å². The second-order valence-electron chi connectivity index (χ2n) is 7.56. The Kier molecular flexibility index (Phi) is 8.76. The first-order valence-electron chi connectivity index (χ1n) is 10.1. The van der Waals surface area contributed by atoms with Crippen LogP contribution in [0.1, 0.15) is 57.7 Å². The summed E-state index contributed by atoms with van der Waals surface area (Å²) in [6, 6.07) is 1.11. The Hall–Kier alpha value is -2.49. The van der Waals surface area contributed by atoms with Gasteiger partial charge in [-0.25, -0.2) is 4.79 Å². The van der Waals surface area contributed by atoms with Crippen LogP contribution in [0.5, 0.6) is 5.95 Å². The Morgan fingerprint density at radius 3 is 2.73 bits per heavy atom. The summed E-state index contributed by atoms with van der Waals surface area (Å²) in [6.45, 7) is 7.10. The summed E-state index contributed by atoms with van der Waals surface area (Å²) in [4.78, 5) is 24.0. The average Bonchev–Trinajstić information content (AvgIpc) is 3.28. The summed E-state index contributed by atoms with van der Waals surface area (Å²) in [6.07, 6.45) is 4.91. The lowest BCUT2D eigenvalue weighted by Crippen LogP contribution is -2.29. The molecule has 30 heavy (non-hydrogen) atoms. The molecule has 1 aromatic heterocycles. The van der Waals surface area contributed by atoms with Crippen LogP contribution in [-0.2, 0) is 4.79 Å². The van der Waals surface area contributed by atoms with Gasteiger partial charge >= 0.3 is 17.9 Å². The second kappa shape index (κ2) is 11.1. The Balaban J connectivity index is 1.54. The van der Waals surface area contributed by atoms with Crippen molar-refractivity contribution in [3.05, 3.63) is 23.9 Å². The van der Waals surface area contributed by atoms with Gasteiger partial charge in [0.05, 0.1) is 6.04 Å². The summed E-state index contributed by atoms with van der Waals surface area (Å²) in [5, 5.41) is 9.43. The van der Waals surface area contributed by atoms with Gasteiger partial charge in [-0.1, -0.05) is 31.0 Å². The van der Waals surface area contributed by atoms with Crippen LogP contribution < -0.4 is 15.4 Å². The van der Waals surface area contributed by atoms with E-state index >= 15 is 0 Å². The Labute approximate surface area is 175 Å². The van der Waals surface area contributed by atoms with Crippen molar-refractivity contribution in [2.75, 3.05) is 26.2 Å². The molecule has 0 spiro atoms. The first kappa shape index (κ1) is 23.8. The van der Waals surface area contributed by atoms with Crippen molar-refractivity contribution in [2.24, 2.45) is 0 Å². The third kappa shape index (κ3) is 7.40. The smallest absolute Gasteiger partial charge is 0.324 e. The van der Waals surface area contributed by atoms with E-state index in [4.69, 9.17) is 9.26 Å². The minimum Gasteiger partial charge on any atom is -0.457 e. The Bertz CT molecular complexity index is 738. The standard InChI is InChI=1S/C20H30F2N4O4/c1-14(2)20(21,22)13-29-18-11-16(25-30-18)15(3)23-9-7-5-4-6-8-10-26-12-17(27)24-19(26)28/h11,15,23H,1,4-10,12-13H2,2-3H3,(H,24,27,28). The molecule has 1 aromatic rings. The van der Waals surface area contributed by atoms with E-state index in [1.165, 1.54) is 17.9 Å². The molecule has 0 aromatic carbocycles. The predicted octanol–water partition coefficient (Wildman–Crippen LogP) is 3.42. The Morgan fingerprint density at radius 1 is 1.37 bits per heavy atom. The normalized spacial score (nSPS) is 15.4. The number of unbranched alkanes of at least 4 members (excludes halogenated alkanes) is 4. The summed E-state index contributed by atoms with van der Waals surface area (Å²) in [5.74, 6) is -3.40. The summed E-state index contributed by atoms with van der Waals surface area (Å²) in [5.41, 5.74) is 0.316. The lowest BCUT2D eigenvalue weighted by atomic mass is 10.1. The molecule has 0 aliphatic carbocycles. The zero-order valence-corrected chi connectivity index (χ0v) is 17.5. The number of alkyl halides is 2. The van der Waals surface area contributed by atoms with Gasteiger partial charge in [0.1, 0.15) is 12.2 Å². The molecule has 8 nitrogen and oxygen atoms in total. The molecule has 0 saturated carbocycles. The molecule has 2 heterocycles. The number of hydrogen-bond donors (Lipinski definition) is 2. The van der Waals surface area contributed by atoms with Crippen LogP contribution in [0.4, 0.5) is 13.6 Å². The number of urea groups is 1. The summed E-state index contributed by atoms with van der Waals surface area (Å²) < 4.78 is 36.9. The molecule has 1 fully saturated rings. The highest BCUT2D eigenvalue weighted by molar-refractivity contribution is 6.01. The number of nitrogens with one attached hydrogen (secondary N) is 2. The number of amides is 3. The van der Waals surface area contributed by atoms with Gasteiger partial charge in [-0.05, 0) is 38.8 Å². The van der Waals surface area contributed by atoms with Crippen molar-refractivity contribution in [1.29, 1.82) is 0 Å². The van der Waals surface area contributed by atoms with Gasteiger partial charge < -0.3 is 19.5 Å². The third-order valence-corrected chi connectivity index (χ3v) is 4.89. The van der Waals surface area contributed by atoms with Crippen molar-refractivity contribution in [1.82, 2.24) is 20.7 Å². The van der Waals surface area contributed by atoms with E-state index in [9.17, 15) is 18.4 Å². The zero-order valence-electron chi connectivity index (χ0n) is 17.5. The van der Waals surface area contributed by atoms with E-state index in [2.05, 4.69) is 22.4 Å². The molecule has 0 bridgehead atoms. The molecule has 0 radical (unpaired) electrons. The van der Waals surface area contributed by atoms with Gasteiger partial charge in [-0.2, -0.15) is 8.78 Å².